The third-order valence-corrected chi connectivity index (χ3v) is 2.94. The fraction of sp³-hybridized carbons (Fsp3) is 0.533. The smallest absolute Gasteiger partial charge is 0.142 e. The molecule has 0 aliphatic heterocycles. The molecule has 0 amide bonds. The van der Waals surface area contributed by atoms with Crippen molar-refractivity contribution in [1.82, 2.24) is 5.32 Å². The molecule has 0 bridgehead atoms. The molecule has 4 heteroatoms. The summed E-state index contributed by atoms with van der Waals surface area (Å²) in [6.45, 7) is 4.90. The third kappa shape index (κ3) is 4.80. The number of anilines is 1. The minimum Gasteiger partial charge on any atom is -0.495 e. The van der Waals surface area contributed by atoms with Gasteiger partial charge in [0.15, 0.2) is 0 Å². The normalized spacial score (nSPS) is 12.0. The quantitative estimate of drug-likeness (QED) is 0.819. The van der Waals surface area contributed by atoms with Crippen LogP contribution in [0.15, 0.2) is 24.3 Å². The third-order valence-electron chi connectivity index (χ3n) is 2.94. The van der Waals surface area contributed by atoms with E-state index in [1.165, 1.54) is 0 Å². The number of rotatable bonds is 7. The molecule has 104 valence electrons. The zero-order valence-corrected chi connectivity index (χ0v) is 12.2. The monoisotopic (exact) mass is 261 g/mol. The van der Waals surface area contributed by atoms with Crippen molar-refractivity contribution in [1.29, 1.82) is 5.26 Å². The first-order valence-electron chi connectivity index (χ1n) is 6.58. The molecule has 4 nitrogen and oxygen atoms in total. The molecule has 0 saturated heterocycles. The maximum absolute atomic E-state index is 9.10. The highest BCUT2D eigenvalue weighted by atomic mass is 16.5. The maximum Gasteiger partial charge on any atom is 0.142 e. The fourth-order valence-electron chi connectivity index (χ4n) is 1.98. The first-order chi connectivity index (χ1) is 9.08. The highest BCUT2D eigenvalue weighted by Crippen LogP contribution is 2.26. The van der Waals surface area contributed by atoms with Gasteiger partial charge < -0.3 is 9.64 Å². The van der Waals surface area contributed by atoms with E-state index in [4.69, 9.17) is 10.00 Å². The molecule has 0 aliphatic rings. The van der Waals surface area contributed by atoms with Gasteiger partial charge >= 0.3 is 0 Å². The second-order valence-corrected chi connectivity index (χ2v) is 4.89. The van der Waals surface area contributed by atoms with Gasteiger partial charge in [-0.05, 0) is 32.4 Å². The first-order valence-corrected chi connectivity index (χ1v) is 6.58. The lowest BCUT2D eigenvalue weighted by molar-refractivity contribution is 0.414. The van der Waals surface area contributed by atoms with Crippen molar-refractivity contribution >= 4 is 5.69 Å². The van der Waals surface area contributed by atoms with Gasteiger partial charge in [-0.2, -0.15) is 5.26 Å². The van der Waals surface area contributed by atoms with E-state index in [9.17, 15) is 0 Å². The predicted molar refractivity (Wildman–Crippen MR) is 78.6 cm³/mol. The minimum absolute atomic E-state index is 0.114. The van der Waals surface area contributed by atoms with Crippen molar-refractivity contribution in [3.8, 4) is 11.8 Å². The van der Waals surface area contributed by atoms with Crippen molar-refractivity contribution in [2.45, 2.75) is 32.4 Å². The zero-order chi connectivity index (χ0) is 14.3. The van der Waals surface area contributed by atoms with Gasteiger partial charge in [-0.15, -0.1) is 0 Å². The molecule has 0 saturated carbocycles. The van der Waals surface area contributed by atoms with Crippen LogP contribution < -0.4 is 15.0 Å². The molecule has 0 radical (unpaired) electrons. The summed E-state index contributed by atoms with van der Waals surface area (Å²) >= 11 is 0. The van der Waals surface area contributed by atoms with Gasteiger partial charge in [0, 0.05) is 19.6 Å². The van der Waals surface area contributed by atoms with Gasteiger partial charge in [0.1, 0.15) is 5.75 Å². The number of para-hydroxylation sites is 2. The number of methoxy groups -OCH3 is 1. The van der Waals surface area contributed by atoms with Crippen LogP contribution in [-0.4, -0.2) is 32.8 Å². The Morgan fingerprint density at radius 1 is 1.37 bits per heavy atom. The molecule has 0 spiro atoms. The lowest BCUT2D eigenvalue weighted by Gasteiger charge is -2.23. The van der Waals surface area contributed by atoms with Gasteiger partial charge in [0.05, 0.1) is 24.9 Å². The largest absolute Gasteiger partial charge is 0.495 e. The summed E-state index contributed by atoms with van der Waals surface area (Å²) in [5, 5.41) is 12.3. The summed E-state index contributed by atoms with van der Waals surface area (Å²) in [6, 6.07) is 10.4. The van der Waals surface area contributed by atoms with Crippen LogP contribution >= 0.6 is 0 Å². The van der Waals surface area contributed by atoms with Crippen LogP contribution in [0.25, 0.3) is 0 Å². The molecule has 1 rings (SSSR count). The van der Waals surface area contributed by atoms with Crippen molar-refractivity contribution in [2.75, 3.05) is 25.6 Å². The van der Waals surface area contributed by atoms with E-state index in [2.05, 4.69) is 16.3 Å². The Hall–Kier alpha value is -1.73. The summed E-state index contributed by atoms with van der Waals surface area (Å²) in [5.74, 6) is 0.857. The number of benzene rings is 1. The molecule has 1 aromatic carbocycles. The number of ether oxygens (including phenoxy) is 1. The maximum atomic E-state index is 9.10. The molecule has 0 aromatic heterocycles. The Balaban J connectivity index is 2.59. The Morgan fingerprint density at radius 3 is 2.63 bits per heavy atom. The average Bonchev–Trinajstić information content (AvgIpc) is 2.42. The van der Waals surface area contributed by atoms with E-state index in [0.717, 1.165) is 24.4 Å². The summed E-state index contributed by atoms with van der Waals surface area (Å²) < 4.78 is 5.34. The predicted octanol–water partition coefficient (Wildman–Crippen LogP) is 2.41. The van der Waals surface area contributed by atoms with Gasteiger partial charge in [0.25, 0.3) is 0 Å². The van der Waals surface area contributed by atoms with Crippen molar-refractivity contribution in [3.05, 3.63) is 24.3 Å². The van der Waals surface area contributed by atoms with Crippen LogP contribution in [0.4, 0.5) is 5.69 Å². The number of nitriles is 1. The molecule has 0 aliphatic carbocycles. The van der Waals surface area contributed by atoms with E-state index >= 15 is 0 Å². The molecule has 19 heavy (non-hydrogen) atoms. The van der Waals surface area contributed by atoms with E-state index in [1.807, 2.05) is 45.2 Å². The number of hydrogen-bond acceptors (Lipinski definition) is 4. The Bertz CT molecular complexity index is 426. The summed E-state index contributed by atoms with van der Waals surface area (Å²) in [4.78, 5) is 2.12. The molecule has 1 aromatic rings. The first kappa shape index (κ1) is 15.3. The molecule has 1 atom stereocenters. The number of nitrogens with zero attached hydrogens (tertiary/aromatic N) is 2. The highest BCUT2D eigenvalue weighted by Gasteiger charge is 2.12. The van der Waals surface area contributed by atoms with Gasteiger partial charge in [-0.1, -0.05) is 12.1 Å². The van der Waals surface area contributed by atoms with Crippen LogP contribution in [0.5, 0.6) is 5.75 Å². The van der Waals surface area contributed by atoms with Crippen LogP contribution in [0.3, 0.4) is 0 Å². The Kier molecular flexibility index (Phi) is 6.17. The molecular formula is C15H23N3O. The van der Waals surface area contributed by atoms with Gasteiger partial charge in [-0.25, -0.2) is 0 Å². The molecule has 1 unspecified atom stereocenters. The summed E-state index contributed by atoms with van der Waals surface area (Å²) in [7, 11) is 3.69. The van der Waals surface area contributed by atoms with Crippen LogP contribution in [-0.2, 0) is 0 Å². The molecule has 0 fully saturated rings. The van der Waals surface area contributed by atoms with Crippen LogP contribution in [0, 0.1) is 11.3 Å². The standard InChI is InChI=1S/C15H23N3O/c1-12(2)17-13(11-16)9-10-18(3)14-7-5-6-8-15(14)19-4/h5-8,12-13,17H,9-10H2,1-4H3. The number of hydrogen-bond donors (Lipinski definition) is 1. The molecule has 1 N–H and O–H groups in total. The Labute approximate surface area is 116 Å². The topological polar surface area (TPSA) is 48.3 Å². The van der Waals surface area contributed by atoms with Gasteiger partial charge in [-0.3, -0.25) is 5.32 Å². The van der Waals surface area contributed by atoms with Crippen molar-refractivity contribution < 1.29 is 4.74 Å². The minimum atomic E-state index is -0.114. The van der Waals surface area contributed by atoms with Gasteiger partial charge in [0.2, 0.25) is 0 Å². The fourth-order valence-corrected chi connectivity index (χ4v) is 1.98. The lowest BCUT2D eigenvalue weighted by Crippen LogP contribution is -2.36. The number of nitrogens with one attached hydrogen (secondary N) is 1. The lowest BCUT2D eigenvalue weighted by atomic mass is 10.2. The summed E-state index contributed by atoms with van der Waals surface area (Å²) in [6.07, 6.45) is 0.781. The SMILES string of the molecule is COc1ccccc1N(C)CCC(C#N)NC(C)C. The molecular weight excluding hydrogens is 238 g/mol. The second-order valence-electron chi connectivity index (χ2n) is 4.89. The zero-order valence-electron chi connectivity index (χ0n) is 12.2. The highest BCUT2D eigenvalue weighted by molar-refractivity contribution is 5.57. The van der Waals surface area contributed by atoms with Crippen LogP contribution in [0.1, 0.15) is 20.3 Å². The molecule has 0 heterocycles. The van der Waals surface area contributed by atoms with Crippen LogP contribution in [0.2, 0.25) is 0 Å². The van der Waals surface area contributed by atoms with E-state index in [1.54, 1.807) is 7.11 Å². The van der Waals surface area contributed by atoms with E-state index in [0.29, 0.717) is 6.04 Å². The van der Waals surface area contributed by atoms with Crippen molar-refractivity contribution in [2.24, 2.45) is 0 Å². The second kappa shape index (κ2) is 7.65. The van der Waals surface area contributed by atoms with E-state index < -0.39 is 0 Å². The summed E-state index contributed by atoms with van der Waals surface area (Å²) in [5.41, 5.74) is 1.05. The van der Waals surface area contributed by atoms with E-state index in [-0.39, 0.29) is 6.04 Å². The van der Waals surface area contributed by atoms with Crippen molar-refractivity contribution in [3.63, 3.8) is 0 Å². The average molecular weight is 261 g/mol. The Morgan fingerprint density at radius 2 is 2.05 bits per heavy atom.